The van der Waals surface area contributed by atoms with Gasteiger partial charge in [0.1, 0.15) is 0 Å². The molecule has 0 aromatic heterocycles. The number of carbonyl (C=O) groups excluding carboxylic acids is 2. The molecule has 0 unspecified atom stereocenters. The zero-order valence-electron chi connectivity index (χ0n) is 15.5. The molecule has 0 aliphatic carbocycles. The molecule has 150 valence electrons. The number of urea groups is 1. The summed E-state index contributed by atoms with van der Waals surface area (Å²) in [6.07, 6.45) is 0.522. The molecule has 0 saturated heterocycles. The third-order valence-electron chi connectivity index (χ3n) is 4.49. The van der Waals surface area contributed by atoms with E-state index in [0.717, 1.165) is 17.7 Å². The summed E-state index contributed by atoms with van der Waals surface area (Å²) in [6.45, 7) is 1.68. The number of rotatable bonds is 6. The quantitative estimate of drug-likeness (QED) is 0.390. The average Bonchev–Trinajstić information content (AvgIpc) is 2.68. The van der Waals surface area contributed by atoms with Crippen LogP contribution in [-0.2, 0) is 16.0 Å². The van der Waals surface area contributed by atoms with E-state index in [9.17, 15) is 24.8 Å². The van der Waals surface area contributed by atoms with Gasteiger partial charge in [0, 0.05) is 18.2 Å². The van der Waals surface area contributed by atoms with Crippen LogP contribution in [0.1, 0.15) is 24.1 Å². The third-order valence-corrected chi connectivity index (χ3v) is 4.49. The molecule has 9 heteroatoms. The van der Waals surface area contributed by atoms with Crippen LogP contribution in [0.25, 0.3) is 0 Å². The van der Waals surface area contributed by atoms with Crippen molar-refractivity contribution in [3.05, 3.63) is 81.0 Å². The Hall–Kier alpha value is -3.88. The van der Waals surface area contributed by atoms with Crippen molar-refractivity contribution in [1.29, 1.82) is 0 Å². The number of carbonyl (C=O) groups is 2. The molecule has 0 fully saturated rings. The zero-order chi connectivity index (χ0) is 21.0. The fourth-order valence-corrected chi connectivity index (χ4v) is 3.06. The summed E-state index contributed by atoms with van der Waals surface area (Å²) >= 11 is 0. The fourth-order valence-electron chi connectivity index (χ4n) is 3.06. The predicted molar refractivity (Wildman–Crippen MR) is 103 cm³/mol. The van der Waals surface area contributed by atoms with Crippen molar-refractivity contribution in [1.82, 2.24) is 10.6 Å². The van der Waals surface area contributed by atoms with Crippen molar-refractivity contribution in [2.45, 2.75) is 19.4 Å². The summed E-state index contributed by atoms with van der Waals surface area (Å²) in [5.41, 5.74) is 1.19. The zero-order valence-corrected chi connectivity index (χ0v) is 15.5. The van der Waals surface area contributed by atoms with E-state index in [-0.39, 0.29) is 17.7 Å². The third kappa shape index (κ3) is 4.52. The molecule has 1 atom stereocenters. The number of nitro groups is 1. The van der Waals surface area contributed by atoms with Crippen LogP contribution in [0.15, 0.2) is 59.8 Å². The highest BCUT2D eigenvalue weighted by Gasteiger charge is 2.33. The van der Waals surface area contributed by atoms with Crippen LogP contribution in [0.4, 0.5) is 10.5 Å². The molecule has 3 rings (SSSR count). The maximum atomic E-state index is 12.7. The smallest absolute Gasteiger partial charge is 0.338 e. The molecule has 3 N–H and O–H groups in total. The van der Waals surface area contributed by atoms with Crippen LogP contribution in [-0.4, -0.2) is 28.6 Å². The molecule has 2 aromatic carbocycles. The van der Waals surface area contributed by atoms with Gasteiger partial charge in [0.05, 0.1) is 23.1 Å². The van der Waals surface area contributed by atoms with E-state index in [1.165, 1.54) is 6.07 Å². The van der Waals surface area contributed by atoms with Crippen LogP contribution in [0.3, 0.4) is 0 Å². The number of ether oxygens (including phenoxy) is 1. The van der Waals surface area contributed by atoms with Gasteiger partial charge in [-0.15, -0.1) is 0 Å². The van der Waals surface area contributed by atoms with Crippen LogP contribution >= 0.6 is 0 Å². The Morgan fingerprint density at radius 3 is 2.66 bits per heavy atom. The Kier molecular flexibility index (Phi) is 5.77. The van der Waals surface area contributed by atoms with Crippen molar-refractivity contribution in [2.24, 2.45) is 0 Å². The SMILES string of the molecule is CC1=C(C(=O)OCCc2ccccc2)[C@@H](c2ccc(O)c([N+](=O)[O-])c2)NC(=O)N1. The van der Waals surface area contributed by atoms with E-state index in [1.807, 2.05) is 30.3 Å². The summed E-state index contributed by atoms with van der Waals surface area (Å²) in [7, 11) is 0. The molecule has 2 aromatic rings. The van der Waals surface area contributed by atoms with E-state index in [0.29, 0.717) is 12.1 Å². The highest BCUT2D eigenvalue weighted by atomic mass is 16.6. The Morgan fingerprint density at radius 2 is 1.97 bits per heavy atom. The van der Waals surface area contributed by atoms with Gasteiger partial charge in [-0.25, -0.2) is 9.59 Å². The highest BCUT2D eigenvalue weighted by molar-refractivity contribution is 5.95. The van der Waals surface area contributed by atoms with Crippen molar-refractivity contribution < 1.29 is 24.4 Å². The molecule has 1 aliphatic rings. The summed E-state index contributed by atoms with van der Waals surface area (Å²) in [4.78, 5) is 35.0. The van der Waals surface area contributed by atoms with E-state index in [1.54, 1.807) is 6.92 Å². The number of benzene rings is 2. The Bertz CT molecular complexity index is 987. The van der Waals surface area contributed by atoms with Gasteiger partial charge in [-0.05, 0) is 24.1 Å². The number of aromatic hydroxyl groups is 1. The predicted octanol–water partition coefficient (Wildman–Crippen LogP) is 2.71. The molecule has 0 radical (unpaired) electrons. The van der Waals surface area contributed by atoms with Crippen molar-refractivity contribution in [2.75, 3.05) is 6.61 Å². The first-order valence-corrected chi connectivity index (χ1v) is 8.83. The van der Waals surface area contributed by atoms with Crippen LogP contribution < -0.4 is 10.6 Å². The van der Waals surface area contributed by atoms with Crippen LogP contribution in [0.2, 0.25) is 0 Å². The lowest BCUT2D eigenvalue weighted by molar-refractivity contribution is -0.385. The minimum atomic E-state index is -0.952. The van der Waals surface area contributed by atoms with Crippen LogP contribution in [0, 0.1) is 10.1 Å². The monoisotopic (exact) mass is 397 g/mol. The summed E-state index contributed by atoms with van der Waals surface area (Å²) < 4.78 is 5.37. The number of nitrogens with one attached hydrogen (secondary N) is 2. The Morgan fingerprint density at radius 1 is 1.24 bits per heavy atom. The van der Waals surface area contributed by atoms with Crippen LogP contribution in [0.5, 0.6) is 5.75 Å². The van der Waals surface area contributed by atoms with Gasteiger partial charge in [-0.3, -0.25) is 10.1 Å². The number of allylic oxidation sites excluding steroid dienone is 1. The molecular formula is C20H19N3O6. The number of phenols is 1. The lowest BCUT2D eigenvalue weighted by Crippen LogP contribution is -2.45. The van der Waals surface area contributed by atoms with Gasteiger partial charge < -0.3 is 20.5 Å². The number of hydrogen-bond donors (Lipinski definition) is 3. The van der Waals surface area contributed by atoms with Gasteiger partial charge in [0.25, 0.3) is 0 Å². The van der Waals surface area contributed by atoms with E-state index in [4.69, 9.17) is 4.74 Å². The minimum absolute atomic E-state index is 0.135. The minimum Gasteiger partial charge on any atom is -0.502 e. The molecule has 9 nitrogen and oxygen atoms in total. The van der Waals surface area contributed by atoms with E-state index in [2.05, 4.69) is 10.6 Å². The number of nitro benzene ring substituents is 1. The first-order valence-electron chi connectivity index (χ1n) is 8.83. The normalized spacial score (nSPS) is 16.0. The molecule has 29 heavy (non-hydrogen) atoms. The second-order valence-corrected chi connectivity index (χ2v) is 6.45. The second-order valence-electron chi connectivity index (χ2n) is 6.45. The molecule has 0 saturated carbocycles. The fraction of sp³-hybridized carbons (Fsp3) is 0.200. The molecule has 2 amide bonds. The van der Waals surface area contributed by atoms with Crippen molar-refractivity contribution >= 4 is 17.7 Å². The summed E-state index contributed by atoms with van der Waals surface area (Å²) in [5.74, 6) is -1.15. The topological polar surface area (TPSA) is 131 Å². The van der Waals surface area contributed by atoms with Gasteiger partial charge in [0.15, 0.2) is 5.75 Å². The standard InChI is InChI=1S/C20H19N3O6/c1-12-17(19(25)29-10-9-13-5-3-2-4-6-13)18(22-20(26)21-12)14-7-8-16(24)15(11-14)23(27)28/h2-8,11,18,24H,9-10H2,1H3,(H2,21,22,26)/t18-/m1/s1. The van der Waals surface area contributed by atoms with Gasteiger partial charge in [-0.1, -0.05) is 36.4 Å². The first-order chi connectivity index (χ1) is 13.9. The molecule has 1 aliphatic heterocycles. The lowest BCUT2D eigenvalue weighted by atomic mass is 9.95. The Balaban J connectivity index is 1.83. The van der Waals surface area contributed by atoms with Gasteiger partial charge >= 0.3 is 17.7 Å². The van der Waals surface area contributed by atoms with Gasteiger partial charge in [-0.2, -0.15) is 0 Å². The molecular weight excluding hydrogens is 378 g/mol. The number of amides is 2. The highest BCUT2D eigenvalue weighted by Crippen LogP contribution is 2.33. The number of nitrogens with zero attached hydrogens (tertiary/aromatic N) is 1. The second kappa shape index (κ2) is 8.42. The van der Waals surface area contributed by atoms with E-state index >= 15 is 0 Å². The number of phenolic OH excluding ortho intramolecular Hbond substituents is 1. The summed E-state index contributed by atoms with van der Waals surface area (Å²) in [5, 5.41) is 25.9. The van der Waals surface area contributed by atoms with Crippen molar-refractivity contribution in [3.8, 4) is 5.75 Å². The molecule has 1 heterocycles. The average molecular weight is 397 g/mol. The first kappa shape index (κ1) is 19.9. The number of hydrogen-bond acceptors (Lipinski definition) is 6. The largest absolute Gasteiger partial charge is 0.502 e. The molecule has 0 spiro atoms. The maximum absolute atomic E-state index is 12.7. The maximum Gasteiger partial charge on any atom is 0.338 e. The molecule has 0 bridgehead atoms. The van der Waals surface area contributed by atoms with E-state index < -0.39 is 34.4 Å². The Labute approximate surface area is 166 Å². The van der Waals surface area contributed by atoms with Crippen molar-refractivity contribution in [3.63, 3.8) is 0 Å². The lowest BCUT2D eigenvalue weighted by Gasteiger charge is -2.28. The van der Waals surface area contributed by atoms with Gasteiger partial charge in [0.2, 0.25) is 0 Å². The summed E-state index contributed by atoms with van der Waals surface area (Å²) in [6, 6.07) is 11.7. The number of esters is 1.